The van der Waals surface area contributed by atoms with Crippen LogP contribution in [0.2, 0.25) is 0 Å². The molecule has 0 fully saturated rings. The maximum absolute atomic E-state index is 11.8. The van der Waals surface area contributed by atoms with Gasteiger partial charge in [0.05, 0.1) is 0 Å². The summed E-state index contributed by atoms with van der Waals surface area (Å²) in [5, 5.41) is 2.74. The van der Waals surface area contributed by atoms with E-state index in [1.807, 2.05) is 18.2 Å². The van der Waals surface area contributed by atoms with Gasteiger partial charge < -0.3 is 20.5 Å². The Morgan fingerprint density at radius 2 is 2.00 bits per heavy atom. The van der Waals surface area contributed by atoms with E-state index in [0.29, 0.717) is 17.1 Å². The number of fused-ring (bicyclic) bond motifs is 1. The number of amides is 1. The maximum atomic E-state index is 11.8. The predicted octanol–water partition coefficient (Wildman–Crippen LogP) is 2.65. The quantitative estimate of drug-likeness (QED) is 0.670. The largest absolute Gasteiger partial charge is 0.454 e. The van der Waals surface area contributed by atoms with Gasteiger partial charge in [-0.25, -0.2) is 0 Å². The molecule has 0 saturated carbocycles. The molecule has 0 spiro atoms. The molecule has 3 rings (SSSR count). The Labute approximate surface area is 122 Å². The van der Waals surface area contributed by atoms with Crippen molar-refractivity contribution in [2.45, 2.75) is 0 Å². The molecule has 1 aliphatic rings. The van der Waals surface area contributed by atoms with Gasteiger partial charge in [0.2, 0.25) is 12.7 Å². The van der Waals surface area contributed by atoms with Crippen LogP contribution in [0.3, 0.4) is 0 Å². The molecule has 106 valence electrons. The van der Waals surface area contributed by atoms with Crippen molar-refractivity contribution < 1.29 is 14.3 Å². The number of benzene rings is 2. The van der Waals surface area contributed by atoms with Crippen LogP contribution in [0.5, 0.6) is 11.5 Å². The van der Waals surface area contributed by atoms with E-state index in [-0.39, 0.29) is 12.7 Å². The predicted molar refractivity (Wildman–Crippen MR) is 81.1 cm³/mol. The average molecular weight is 282 g/mol. The van der Waals surface area contributed by atoms with E-state index in [0.717, 1.165) is 11.3 Å². The Morgan fingerprint density at radius 1 is 1.14 bits per heavy atom. The van der Waals surface area contributed by atoms with E-state index in [4.69, 9.17) is 15.2 Å². The van der Waals surface area contributed by atoms with Crippen molar-refractivity contribution in [2.24, 2.45) is 0 Å². The van der Waals surface area contributed by atoms with Crippen LogP contribution in [0.25, 0.3) is 6.08 Å². The molecule has 0 atom stereocenters. The van der Waals surface area contributed by atoms with Gasteiger partial charge in [0, 0.05) is 17.5 Å². The summed E-state index contributed by atoms with van der Waals surface area (Å²) < 4.78 is 10.5. The lowest BCUT2D eigenvalue weighted by Gasteiger charge is -2.02. The third kappa shape index (κ3) is 3.14. The molecule has 5 nitrogen and oxygen atoms in total. The molecular formula is C16H14N2O3. The Balaban J connectivity index is 1.67. The zero-order chi connectivity index (χ0) is 14.7. The highest BCUT2D eigenvalue weighted by molar-refractivity contribution is 6.02. The average Bonchev–Trinajstić information content (AvgIpc) is 2.92. The zero-order valence-electron chi connectivity index (χ0n) is 11.2. The summed E-state index contributed by atoms with van der Waals surface area (Å²) in [5.74, 6) is 1.18. The van der Waals surface area contributed by atoms with E-state index >= 15 is 0 Å². The fourth-order valence-corrected chi connectivity index (χ4v) is 1.99. The van der Waals surface area contributed by atoms with Gasteiger partial charge in [-0.3, -0.25) is 4.79 Å². The van der Waals surface area contributed by atoms with Crippen LogP contribution in [-0.4, -0.2) is 12.7 Å². The first-order chi connectivity index (χ1) is 10.2. The summed E-state index contributed by atoms with van der Waals surface area (Å²) in [6.07, 6.45) is 3.17. The molecular weight excluding hydrogens is 268 g/mol. The molecule has 3 N–H and O–H groups in total. The number of hydrogen-bond donors (Lipinski definition) is 2. The molecule has 2 aromatic carbocycles. The molecule has 1 aliphatic heterocycles. The van der Waals surface area contributed by atoms with E-state index in [9.17, 15) is 4.79 Å². The topological polar surface area (TPSA) is 73.6 Å². The molecule has 0 unspecified atom stereocenters. The lowest BCUT2D eigenvalue weighted by atomic mass is 10.2. The molecule has 0 aromatic heterocycles. The first kappa shape index (κ1) is 13.1. The van der Waals surface area contributed by atoms with E-state index in [1.165, 1.54) is 6.08 Å². The molecule has 5 heteroatoms. The van der Waals surface area contributed by atoms with Crippen LogP contribution < -0.4 is 20.5 Å². The summed E-state index contributed by atoms with van der Waals surface area (Å²) in [6, 6.07) is 12.5. The number of carbonyl (C=O) groups is 1. The van der Waals surface area contributed by atoms with Gasteiger partial charge in [0.25, 0.3) is 0 Å². The van der Waals surface area contributed by atoms with Gasteiger partial charge >= 0.3 is 0 Å². The highest BCUT2D eigenvalue weighted by Crippen LogP contribution is 2.32. The van der Waals surface area contributed by atoms with Gasteiger partial charge in [-0.2, -0.15) is 0 Å². The first-order valence-corrected chi connectivity index (χ1v) is 6.45. The highest BCUT2D eigenvalue weighted by Gasteiger charge is 2.12. The molecule has 1 heterocycles. The number of anilines is 2. The fourth-order valence-electron chi connectivity index (χ4n) is 1.99. The van der Waals surface area contributed by atoms with Gasteiger partial charge in [-0.1, -0.05) is 12.1 Å². The summed E-state index contributed by atoms with van der Waals surface area (Å²) in [6.45, 7) is 0.235. The Hall–Kier alpha value is -2.95. The number of nitrogens with two attached hydrogens (primary N) is 1. The van der Waals surface area contributed by atoms with Crippen molar-refractivity contribution in [3.8, 4) is 11.5 Å². The monoisotopic (exact) mass is 282 g/mol. The second kappa shape index (κ2) is 5.58. The zero-order valence-corrected chi connectivity index (χ0v) is 11.2. The summed E-state index contributed by atoms with van der Waals surface area (Å²) in [5.41, 5.74) is 7.79. The van der Waals surface area contributed by atoms with Crippen LogP contribution in [0, 0.1) is 0 Å². The minimum Gasteiger partial charge on any atom is -0.454 e. The summed E-state index contributed by atoms with van der Waals surface area (Å²) >= 11 is 0. The smallest absolute Gasteiger partial charge is 0.248 e. The molecule has 2 aromatic rings. The number of ether oxygens (including phenoxy) is 2. The molecule has 0 radical (unpaired) electrons. The number of carbonyl (C=O) groups excluding carboxylic acids is 1. The SMILES string of the molecule is Nc1cccc(NC(=O)/C=C/c2ccc3c(c2)OCO3)c1. The van der Waals surface area contributed by atoms with E-state index in [1.54, 1.807) is 30.3 Å². The number of hydrogen-bond acceptors (Lipinski definition) is 4. The van der Waals surface area contributed by atoms with Gasteiger partial charge in [-0.15, -0.1) is 0 Å². The van der Waals surface area contributed by atoms with Crippen molar-refractivity contribution in [2.75, 3.05) is 17.8 Å². The normalized spacial score (nSPS) is 12.6. The van der Waals surface area contributed by atoms with Crippen molar-refractivity contribution in [3.63, 3.8) is 0 Å². The molecule has 0 saturated heterocycles. The molecule has 1 amide bonds. The van der Waals surface area contributed by atoms with Crippen LogP contribution in [-0.2, 0) is 4.79 Å². The second-order valence-corrected chi connectivity index (χ2v) is 4.56. The molecule has 0 bridgehead atoms. The third-order valence-electron chi connectivity index (χ3n) is 2.98. The summed E-state index contributed by atoms with van der Waals surface area (Å²) in [7, 11) is 0. The summed E-state index contributed by atoms with van der Waals surface area (Å²) in [4.78, 5) is 11.8. The number of rotatable bonds is 3. The molecule has 0 aliphatic carbocycles. The highest BCUT2D eigenvalue weighted by atomic mass is 16.7. The number of nitrogens with one attached hydrogen (secondary N) is 1. The first-order valence-electron chi connectivity index (χ1n) is 6.45. The van der Waals surface area contributed by atoms with Gasteiger partial charge in [0.15, 0.2) is 11.5 Å². The lowest BCUT2D eigenvalue weighted by Crippen LogP contribution is -2.07. The Morgan fingerprint density at radius 3 is 2.86 bits per heavy atom. The van der Waals surface area contributed by atoms with Crippen molar-refractivity contribution in [1.29, 1.82) is 0 Å². The Kier molecular flexibility index (Phi) is 3.47. The van der Waals surface area contributed by atoms with Gasteiger partial charge in [0.1, 0.15) is 0 Å². The van der Waals surface area contributed by atoms with Crippen molar-refractivity contribution in [3.05, 3.63) is 54.1 Å². The van der Waals surface area contributed by atoms with E-state index < -0.39 is 0 Å². The lowest BCUT2D eigenvalue weighted by molar-refractivity contribution is -0.111. The maximum Gasteiger partial charge on any atom is 0.248 e. The minimum atomic E-state index is -0.224. The number of nitrogen functional groups attached to an aromatic ring is 1. The fraction of sp³-hybridized carbons (Fsp3) is 0.0625. The third-order valence-corrected chi connectivity index (χ3v) is 2.98. The Bertz CT molecular complexity index is 710. The van der Waals surface area contributed by atoms with Gasteiger partial charge in [-0.05, 0) is 42.0 Å². The van der Waals surface area contributed by atoms with Crippen molar-refractivity contribution >= 4 is 23.4 Å². The standard InChI is InChI=1S/C16H14N2O3/c17-12-2-1-3-13(9-12)18-16(19)7-5-11-4-6-14-15(8-11)21-10-20-14/h1-9H,10,17H2,(H,18,19)/b7-5+. The van der Waals surface area contributed by atoms with Crippen LogP contribution in [0.1, 0.15) is 5.56 Å². The van der Waals surface area contributed by atoms with Crippen molar-refractivity contribution in [1.82, 2.24) is 0 Å². The molecule has 21 heavy (non-hydrogen) atoms. The minimum absolute atomic E-state index is 0.224. The van der Waals surface area contributed by atoms with Crippen LogP contribution >= 0.6 is 0 Å². The van der Waals surface area contributed by atoms with Crippen LogP contribution in [0.4, 0.5) is 11.4 Å². The van der Waals surface area contributed by atoms with Crippen LogP contribution in [0.15, 0.2) is 48.5 Å². The van der Waals surface area contributed by atoms with E-state index in [2.05, 4.69) is 5.32 Å². The second-order valence-electron chi connectivity index (χ2n) is 4.56.